The summed E-state index contributed by atoms with van der Waals surface area (Å²) in [6.45, 7) is 4.97. The Balaban J connectivity index is 1.39. The fourth-order valence-electron chi connectivity index (χ4n) is 8.25. The van der Waals surface area contributed by atoms with Crippen LogP contribution in [-0.4, -0.2) is 16.2 Å². The van der Waals surface area contributed by atoms with Crippen LogP contribution < -0.4 is 0 Å². The van der Waals surface area contributed by atoms with Gasteiger partial charge in [-0.1, -0.05) is 37.6 Å². The van der Waals surface area contributed by atoms with Crippen LogP contribution in [0.1, 0.15) is 57.9 Å². The minimum Gasteiger partial charge on any atom is -0.392 e. The van der Waals surface area contributed by atoms with Gasteiger partial charge < -0.3 is 5.11 Å². The summed E-state index contributed by atoms with van der Waals surface area (Å²) in [6, 6.07) is 4.24. The third-order valence-corrected chi connectivity index (χ3v) is 9.59. The van der Waals surface area contributed by atoms with Crippen LogP contribution >= 0.6 is 0 Å². The molecule has 6 rings (SSSR count). The number of allylic oxidation sites excluding steroid dienone is 4. The third kappa shape index (κ3) is 1.58. The van der Waals surface area contributed by atoms with Crippen molar-refractivity contribution < 1.29 is 5.11 Å². The summed E-state index contributed by atoms with van der Waals surface area (Å²) in [5.41, 5.74) is 5.08. The molecule has 7 atom stereocenters. The fourth-order valence-corrected chi connectivity index (χ4v) is 8.25. The first-order valence-electron chi connectivity index (χ1n) is 10.5. The topological polar surface area (TPSA) is 33.1 Å². The lowest BCUT2D eigenvalue weighted by Crippen LogP contribution is -2.54. The Morgan fingerprint density at radius 1 is 1.15 bits per heavy atom. The maximum Gasteiger partial charge on any atom is 0.0610 e. The van der Waals surface area contributed by atoms with Crippen molar-refractivity contribution in [2.75, 3.05) is 0 Å². The molecule has 1 heterocycles. The van der Waals surface area contributed by atoms with Crippen molar-refractivity contribution in [2.24, 2.45) is 34.0 Å². The lowest BCUT2D eigenvalue weighted by atomic mass is 9.47. The molecule has 0 aliphatic heterocycles. The molecular weight excluding hydrogens is 318 g/mol. The van der Waals surface area contributed by atoms with Crippen LogP contribution in [0.4, 0.5) is 0 Å². The molecule has 0 saturated heterocycles. The quantitative estimate of drug-likeness (QED) is 0.775. The van der Waals surface area contributed by atoms with Gasteiger partial charge in [-0.15, -0.1) is 0 Å². The van der Waals surface area contributed by atoms with Crippen molar-refractivity contribution in [1.29, 1.82) is 0 Å². The Hall–Kier alpha value is -1.41. The Kier molecular flexibility index (Phi) is 2.83. The zero-order valence-corrected chi connectivity index (χ0v) is 15.9. The molecule has 4 fully saturated rings. The van der Waals surface area contributed by atoms with E-state index in [0.29, 0.717) is 11.3 Å². The highest BCUT2D eigenvalue weighted by Crippen LogP contribution is 2.81. The second-order valence-electron chi connectivity index (χ2n) is 10.2. The molecule has 2 nitrogen and oxygen atoms in total. The van der Waals surface area contributed by atoms with Crippen LogP contribution in [-0.2, 0) is 0 Å². The van der Waals surface area contributed by atoms with E-state index >= 15 is 0 Å². The van der Waals surface area contributed by atoms with Gasteiger partial charge in [-0.05, 0) is 78.9 Å². The SMILES string of the molecule is C[C@]12CCC3C(CC(O)C45CC4CC[C@]35C)C1=CC=C2c1cccnc1. The van der Waals surface area contributed by atoms with Crippen molar-refractivity contribution in [2.45, 2.75) is 58.5 Å². The molecule has 136 valence electrons. The van der Waals surface area contributed by atoms with Gasteiger partial charge in [0.1, 0.15) is 0 Å². The Morgan fingerprint density at radius 3 is 2.81 bits per heavy atom. The zero-order chi connectivity index (χ0) is 17.7. The lowest BCUT2D eigenvalue weighted by molar-refractivity contribution is -0.104. The molecular formula is C24H29NO. The van der Waals surface area contributed by atoms with Gasteiger partial charge in [0.25, 0.3) is 0 Å². The summed E-state index contributed by atoms with van der Waals surface area (Å²) in [6.07, 6.45) is 16.1. The van der Waals surface area contributed by atoms with Gasteiger partial charge in [-0.2, -0.15) is 0 Å². The standard InChI is InChI=1S/C24H29NO/c1-22-9-8-20-17(12-21(26)24-13-16(24)7-10-23(20,24)2)19(22)6-5-18(22)15-4-3-11-25-14-15/h3-6,11,14,16-17,20-21,26H,7-10,12-13H2,1-2H3/t16?,17?,20?,21?,22-,23-,24?/m1/s1. The number of hydrogen-bond acceptors (Lipinski definition) is 2. The van der Waals surface area contributed by atoms with Crippen molar-refractivity contribution in [1.82, 2.24) is 4.98 Å². The van der Waals surface area contributed by atoms with E-state index in [1.54, 1.807) is 5.57 Å². The van der Waals surface area contributed by atoms with E-state index in [1.165, 1.54) is 43.2 Å². The number of pyridine rings is 1. The molecule has 1 aromatic heterocycles. The number of fused-ring (bicyclic) bond motifs is 4. The van der Waals surface area contributed by atoms with Crippen molar-refractivity contribution in [3.8, 4) is 0 Å². The van der Waals surface area contributed by atoms with E-state index in [1.807, 2.05) is 18.5 Å². The van der Waals surface area contributed by atoms with Crippen LogP contribution in [0.2, 0.25) is 0 Å². The van der Waals surface area contributed by atoms with E-state index in [2.05, 4.69) is 37.0 Å². The van der Waals surface area contributed by atoms with Crippen LogP contribution in [0.15, 0.2) is 42.3 Å². The summed E-state index contributed by atoms with van der Waals surface area (Å²) in [4.78, 5) is 4.36. The fraction of sp³-hybridized carbons (Fsp3) is 0.625. The third-order valence-electron chi connectivity index (χ3n) is 9.59. The maximum absolute atomic E-state index is 11.2. The molecule has 0 amide bonds. The van der Waals surface area contributed by atoms with Crippen LogP contribution in [0, 0.1) is 34.0 Å². The molecule has 0 bridgehead atoms. The molecule has 1 spiro atoms. The largest absolute Gasteiger partial charge is 0.392 e. The highest BCUT2D eigenvalue weighted by Gasteiger charge is 2.76. The van der Waals surface area contributed by atoms with E-state index in [4.69, 9.17) is 0 Å². The van der Waals surface area contributed by atoms with Gasteiger partial charge in [-0.3, -0.25) is 4.98 Å². The first-order valence-corrected chi connectivity index (χ1v) is 10.5. The molecule has 0 radical (unpaired) electrons. The van der Waals surface area contributed by atoms with Gasteiger partial charge in [0, 0.05) is 23.2 Å². The number of aliphatic hydroxyl groups is 1. The molecule has 1 aromatic rings. The molecule has 5 aliphatic carbocycles. The predicted molar refractivity (Wildman–Crippen MR) is 103 cm³/mol. The van der Waals surface area contributed by atoms with Crippen LogP contribution in [0.5, 0.6) is 0 Å². The minimum atomic E-state index is -0.0908. The van der Waals surface area contributed by atoms with Gasteiger partial charge in [0.2, 0.25) is 0 Å². The van der Waals surface area contributed by atoms with Crippen LogP contribution in [0.3, 0.4) is 0 Å². The van der Waals surface area contributed by atoms with Crippen molar-refractivity contribution in [3.05, 3.63) is 47.8 Å². The lowest BCUT2D eigenvalue weighted by Gasteiger charge is -2.58. The first kappa shape index (κ1) is 15.6. The summed E-state index contributed by atoms with van der Waals surface area (Å²) in [5, 5.41) is 11.2. The second kappa shape index (κ2) is 4.70. The molecule has 4 saturated carbocycles. The van der Waals surface area contributed by atoms with Gasteiger partial charge in [-0.25, -0.2) is 0 Å². The van der Waals surface area contributed by atoms with Crippen molar-refractivity contribution in [3.63, 3.8) is 0 Å². The summed E-state index contributed by atoms with van der Waals surface area (Å²) >= 11 is 0. The molecule has 1 N–H and O–H groups in total. The molecule has 2 heteroatoms. The monoisotopic (exact) mass is 347 g/mol. The highest BCUT2D eigenvalue weighted by molar-refractivity contribution is 5.78. The maximum atomic E-state index is 11.2. The number of nitrogens with zero attached hydrogens (tertiary/aromatic N) is 1. The first-order chi connectivity index (χ1) is 12.5. The molecule has 26 heavy (non-hydrogen) atoms. The molecule has 5 aliphatic rings. The summed E-state index contributed by atoms with van der Waals surface area (Å²) < 4.78 is 0. The average molecular weight is 348 g/mol. The number of aliphatic hydroxyl groups excluding tert-OH is 1. The van der Waals surface area contributed by atoms with Crippen LogP contribution in [0.25, 0.3) is 5.57 Å². The smallest absolute Gasteiger partial charge is 0.0610 e. The van der Waals surface area contributed by atoms with Crippen molar-refractivity contribution >= 4 is 5.57 Å². The zero-order valence-electron chi connectivity index (χ0n) is 15.9. The minimum absolute atomic E-state index is 0.0908. The second-order valence-corrected chi connectivity index (χ2v) is 10.2. The van der Waals surface area contributed by atoms with Gasteiger partial charge >= 0.3 is 0 Å². The Labute approximate surface area is 156 Å². The average Bonchev–Trinajstić information content (AvgIpc) is 3.17. The van der Waals surface area contributed by atoms with E-state index < -0.39 is 0 Å². The Morgan fingerprint density at radius 2 is 2.04 bits per heavy atom. The summed E-state index contributed by atoms with van der Waals surface area (Å²) in [7, 11) is 0. The highest BCUT2D eigenvalue weighted by atomic mass is 16.3. The number of hydrogen-bond donors (Lipinski definition) is 1. The van der Waals surface area contributed by atoms with Gasteiger partial charge in [0.05, 0.1) is 6.10 Å². The Bertz CT molecular complexity index is 841. The van der Waals surface area contributed by atoms with E-state index in [9.17, 15) is 5.11 Å². The summed E-state index contributed by atoms with van der Waals surface area (Å²) in [5.74, 6) is 2.14. The molecule has 0 aromatic carbocycles. The van der Waals surface area contributed by atoms with Gasteiger partial charge in [0.15, 0.2) is 0 Å². The van der Waals surface area contributed by atoms with E-state index in [-0.39, 0.29) is 16.9 Å². The predicted octanol–water partition coefficient (Wildman–Crippen LogP) is 5.01. The normalized spacial score (nSPS) is 50.9. The number of rotatable bonds is 1. The number of aromatic nitrogens is 1. The van der Waals surface area contributed by atoms with E-state index in [0.717, 1.165) is 18.3 Å². The molecule has 5 unspecified atom stereocenters.